The molecule has 1 saturated heterocycles. The molecule has 0 aromatic carbocycles. The molecule has 3 heterocycles. The first-order valence-corrected chi connectivity index (χ1v) is 8.93. The number of hydrogen-bond acceptors (Lipinski definition) is 4. The van der Waals surface area contributed by atoms with E-state index in [0.29, 0.717) is 18.9 Å². The molecular formula is C19H27N5O. The van der Waals surface area contributed by atoms with Crippen LogP contribution in [0.2, 0.25) is 0 Å². The topological polar surface area (TPSA) is 73.9 Å². The zero-order valence-electron chi connectivity index (χ0n) is 15.5. The fraction of sp³-hybridized carbons (Fsp3) is 0.526. The van der Waals surface area contributed by atoms with Crippen molar-refractivity contribution in [1.82, 2.24) is 20.1 Å². The molecule has 0 aliphatic carbocycles. The number of nitrogens with one attached hydrogen (secondary N) is 2. The van der Waals surface area contributed by atoms with Gasteiger partial charge in [-0.05, 0) is 71.3 Å². The van der Waals surface area contributed by atoms with Gasteiger partial charge in [-0.1, -0.05) is 0 Å². The van der Waals surface area contributed by atoms with Crippen molar-refractivity contribution in [3.63, 3.8) is 0 Å². The second-order valence-electron chi connectivity index (χ2n) is 7.04. The lowest BCUT2D eigenvalue weighted by Crippen LogP contribution is -2.19. The number of anilines is 1. The number of aromatic nitrogens is 3. The van der Waals surface area contributed by atoms with E-state index in [2.05, 4.69) is 39.6 Å². The number of amides is 1. The van der Waals surface area contributed by atoms with Crippen LogP contribution in [0.4, 0.5) is 5.69 Å². The Labute approximate surface area is 149 Å². The van der Waals surface area contributed by atoms with Gasteiger partial charge in [0.25, 0.3) is 0 Å². The normalized spacial score (nSPS) is 17.8. The van der Waals surface area contributed by atoms with Crippen LogP contribution in [0.25, 0.3) is 0 Å². The number of aryl methyl sites for hydroxylation is 4. The Morgan fingerprint density at radius 2 is 2.16 bits per heavy atom. The monoisotopic (exact) mass is 341 g/mol. The number of H-pyrrole nitrogens is 1. The van der Waals surface area contributed by atoms with Gasteiger partial charge < -0.3 is 5.32 Å². The first-order chi connectivity index (χ1) is 11.9. The molecule has 134 valence electrons. The molecule has 0 radical (unpaired) electrons. The van der Waals surface area contributed by atoms with Crippen LogP contribution in [0.3, 0.4) is 0 Å². The largest absolute Gasteiger partial charge is 0.323 e. The minimum atomic E-state index is 0.0154. The number of likely N-dealkylation sites (tertiary alicyclic amines) is 1. The molecule has 0 unspecified atom stereocenters. The summed E-state index contributed by atoms with van der Waals surface area (Å²) in [7, 11) is 2.16. The molecule has 1 atom stereocenters. The van der Waals surface area contributed by atoms with Gasteiger partial charge >= 0.3 is 0 Å². The standard InChI is InChI=1S/C19H27N5O/c1-12-10-15(11-16(20-12)17-6-5-9-24(17)4)7-8-18(25)21-19-13(2)22-23-14(19)3/h10-11,17H,5-9H2,1-4H3,(H,21,25)(H,22,23)/t17-/m0/s1. The minimum absolute atomic E-state index is 0.0154. The van der Waals surface area contributed by atoms with Crippen LogP contribution >= 0.6 is 0 Å². The lowest BCUT2D eigenvalue weighted by molar-refractivity contribution is -0.116. The Bertz CT molecular complexity index is 748. The van der Waals surface area contributed by atoms with Gasteiger partial charge in [0, 0.05) is 12.1 Å². The van der Waals surface area contributed by atoms with Gasteiger partial charge in [0.05, 0.1) is 28.8 Å². The van der Waals surface area contributed by atoms with Gasteiger partial charge in [-0.3, -0.25) is 19.8 Å². The van der Waals surface area contributed by atoms with E-state index in [1.807, 2.05) is 20.8 Å². The summed E-state index contributed by atoms with van der Waals surface area (Å²) < 4.78 is 0. The third kappa shape index (κ3) is 4.07. The van der Waals surface area contributed by atoms with E-state index in [1.54, 1.807) is 0 Å². The van der Waals surface area contributed by atoms with Crippen LogP contribution in [0, 0.1) is 20.8 Å². The van der Waals surface area contributed by atoms with Crippen molar-refractivity contribution in [2.45, 2.75) is 52.5 Å². The van der Waals surface area contributed by atoms with Gasteiger partial charge in [0.2, 0.25) is 5.91 Å². The summed E-state index contributed by atoms with van der Waals surface area (Å²) >= 11 is 0. The quantitative estimate of drug-likeness (QED) is 0.876. The Morgan fingerprint density at radius 1 is 1.36 bits per heavy atom. The Kier molecular flexibility index (Phi) is 5.18. The second kappa shape index (κ2) is 7.35. The summed E-state index contributed by atoms with van der Waals surface area (Å²) in [5, 5.41) is 9.96. The summed E-state index contributed by atoms with van der Waals surface area (Å²) in [6.45, 7) is 6.95. The first-order valence-electron chi connectivity index (χ1n) is 8.93. The summed E-state index contributed by atoms with van der Waals surface area (Å²) in [6, 6.07) is 4.66. The van der Waals surface area contributed by atoms with Crippen molar-refractivity contribution in [1.29, 1.82) is 0 Å². The maximum absolute atomic E-state index is 12.3. The SMILES string of the molecule is Cc1cc(CCC(=O)Nc2c(C)n[nH]c2C)cc([C@@H]2CCCN2C)n1. The molecular weight excluding hydrogens is 314 g/mol. The number of hydrogen-bond donors (Lipinski definition) is 2. The number of aromatic amines is 1. The highest BCUT2D eigenvalue weighted by Crippen LogP contribution is 2.30. The number of pyridine rings is 1. The van der Waals surface area contributed by atoms with Crippen LogP contribution in [0.15, 0.2) is 12.1 Å². The Hall–Kier alpha value is -2.21. The summed E-state index contributed by atoms with van der Waals surface area (Å²) in [4.78, 5) is 19.4. The molecule has 1 amide bonds. The summed E-state index contributed by atoms with van der Waals surface area (Å²) in [5.74, 6) is 0.0154. The molecule has 0 spiro atoms. The molecule has 1 fully saturated rings. The predicted molar refractivity (Wildman–Crippen MR) is 98.6 cm³/mol. The average molecular weight is 341 g/mol. The molecule has 3 rings (SSSR count). The van der Waals surface area contributed by atoms with E-state index < -0.39 is 0 Å². The van der Waals surface area contributed by atoms with E-state index in [0.717, 1.165) is 41.4 Å². The lowest BCUT2D eigenvalue weighted by Gasteiger charge is -2.20. The molecule has 25 heavy (non-hydrogen) atoms. The van der Waals surface area contributed by atoms with E-state index in [1.165, 1.54) is 12.0 Å². The van der Waals surface area contributed by atoms with Gasteiger partial charge in [-0.2, -0.15) is 5.10 Å². The molecule has 1 aliphatic rings. The van der Waals surface area contributed by atoms with Crippen molar-refractivity contribution < 1.29 is 4.79 Å². The zero-order valence-corrected chi connectivity index (χ0v) is 15.5. The van der Waals surface area contributed by atoms with Crippen LogP contribution in [0.1, 0.15) is 53.6 Å². The van der Waals surface area contributed by atoms with Crippen LogP contribution in [-0.2, 0) is 11.2 Å². The maximum Gasteiger partial charge on any atom is 0.224 e. The zero-order chi connectivity index (χ0) is 18.0. The third-order valence-electron chi connectivity index (χ3n) is 4.93. The average Bonchev–Trinajstić information content (AvgIpc) is 3.13. The first kappa shape index (κ1) is 17.6. The van der Waals surface area contributed by atoms with Crippen molar-refractivity contribution in [3.8, 4) is 0 Å². The molecule has 2 aromatic rings. The van der Waals surface area contributed by atoms with Crippen molar-refractivity contribution in [3.05, 3.63) is 40.5 Å². The van der Waals surface area contributed by atoms with Gasteiger partial charge in [0.1, 0.15) is 0 Å². The number of carbonyl (C=O) groups excluding carboxylic acids is 1. The highest BCUT2D eigenvalue weighted by molar-refractivity contribution is 5.91. The van der Waals surface area contributed by atoms with Crippen molar-refractivity contribution in [2.24, 2.45) is 0 Å². The van der Waals surface area contributed by atoms with Crippen LogP contribution < -0.4 is 5.32 Å². The minimum Gasteiger partial charge on any atom is -0.323 e. The van der Waals surface area contributed by atoms with Crippen LogP contribution in [-0.4, -0.2) is 39.6 Å². The van der Waals surface area contributed by atoms with E-state index in [-0.39, 0.29) is 5.91 Å². The smallest absolute Gasteiger partial charge is 0.224 e. The molecule has 0 bridgehead atoms. The fourth-order valence-electron chi connectivity index (χ4n) is 3.56. The fourth-order valence-corrected chi connectivity index (χ4v) is 3.56. The highest BCUT2D eigenvalue weighted by Gasteiger charge is 2.24. The maximum atomic E-state index is 12.3. The van der Waals surface area contributed by atoms with Crippen molar-refractivity contribution >= 4 is 11.6 Å². The Morgan fingerprint density at radius 3 is 2.80 bits per heavy atom. The number of rotatable bonds is 5. The molecule has 2 N–H and O–H groups in total. The molecule has 6 nitrogen and oxygen atoms in total. The molecule has 2 aromatic heterocycles. The van der Waals surface area contributed by atoms with Crippen LogP contribution in [0.5, 0.6) is 0 Å². The van der Waals surface area contributed by atoms with Gasteiger partial charge in [-0.15, -0.1) is 0 Å². The summed E-state index contributed by atoms with van der Waals surface area (Å²) in [5.41, 5.74) is 5.84. The second-order valence-corrected chi connectivity index (χ2v) is 7.04. The third-order valence-corrected chi connectivity index (χ3v) is 4.93. The predicted octanol–water partition coefficient (Wildman–Crippen LogP) is 3.07. The van der Waals surface area contributed by atoms with Gasteiger partial charge in [0.15, 0.2) is 0 Å². The Balaban J connectivity index is 1.65. The van der Waals surface area contributed by atoms with E-state index in [4.69, 9.17) is 4.98 Å². The molecule has 6 heteroatoms. The van der Waals surface area contributed by atoms with Crippen molar-refractivity contribution in [2.75, 3.05) is 18.9 Å². The number of nitrogens with zero attached hydrogens (tertiary/aromatic N) is 3. The molecule has 0 saturated carbocycles. The number of carbonyl (C=O) groups is 1. The van der Waals surface area contributed by atoms with Gasteiger partial charge in [-0.25, -0.2) is 0 Å². The van der Waals surface area contributed by atoms with E-state index >= 15 is 0 Å². The highest BCUT2D eigenvalue weighted by atomic mass is 16.1. The molecule has 1 aliphatic heterocycles. The summed E-state index contributed by atoms with van der Waals surface area (Å²) in [6.07, 6.45) is 3.55. The van der Waals surface area contributed by atoms with E-state index in [9.17, 15) is 4.79 Å². The lowest BCUT2D eigenvalue weighted by atomic mass is 10.0.